The van der Waals surface area contributed by atoms with E-state index in [1.54, 1.807) is 20.8 Å². The second-order valence-corrected chi connectivity index (χ2v) is 2.67. The summed E-state index contributed by atoms with van der Waals surface area (Å²) in [5, 5.41) is 45.8. The minimum absolute atomic E-state index is 0. The van der Waals surface area contributed by atoms with Gasteiger partial charge < -0.3 is 50.1 Å². The zero-order valence-corrected chi connectivity index (χ0v) is 15.4. The molecule has 23 heavy (non-hydrogen) atoms. The molecule has 1 aromatic rings. The molecule has 0 saturated carbocycles. The van der Waals surface area contributed by atoms with Gasteiger partial charge in [0.05, 0.1) is 5.56 Å². The van der Waals surface area contributed by atoms with E-state index in [4.69, 9.17) is 20.4 Å². The number of hydrogen-bond acceptors (Lipinski definition) is 5. The first-order valence-corrected chi connectivity index (χ1v) is 5.70. The number of aromatic carboxylic acids is 1. The summed E-state index contributed by atoms with van der Waals surface area (Å²) in [6, 6.07) is 5.54. The molecule has 0 aromatic heterocycles. The Labute approximate surface area is 138 Å². The fraction of sp³-hybridized carbons (Fsp3) is 0.462. The lowest BCUT2D eigenvalue weighted by Gasteiger charge is -2.07. The number of carboxylic acid groups (broad SMARTS) is 1. The fourth-order valence-electron chi connectivity index (χ4n) is 0.643. The normalized spacial score (nSPS) is 6.35. The third kappa shape index (κ3) is 38.4. The maximum absolute atomic E-state index is 10.7. The van der Waals surface area contributed by atoms with E-state index < -0.39 is 11.7 Å². The summed E-state index contributed by atoms with van der Waals surface area (Å²) in [5.74, 6) is -1.62. The van der Waals surface area contributed by atoms with Crippen molar-refractivity contribution in [1.29, 1.82) is 0 Å². The van der Waals surface area contributed by atoms with Crippen LogP contribution in [0.5, 0.6) is 5.75 Å². The largest absolute Gasteiger partial charge is 0.872 e. The van der Waals surface area contributed by atoms with Crippen molar-refractivity contribution >= 4 is 5.97 Å². The molecule has 10 heteroatoms. The molecular weight excluding hydrogens is 308 g/mol. The number of para-hydroxylation sites is 1. The van der Waals surface area contributed by atoms with Crippen LogP contribution in [0.25, 0.3) is 0 Å². The molecule has 0 unspecified atom stereocenters. The summed E-state index contributed by atoms with van der Waals surface area (Å²) in [6.07, 6.45) is 0. The van der Waals surface area contributed by atoms with Gasteiger partial charge in [0.1, 0.15) is 0 Å². The summed E-state index contributed by atoms with van der Waals surface area (Å²) in [6.45, 7) is 4.71. The maximum atomic E-state index is 10.7. The summed E-state index contributed by atoms with van der Waals surface area (Å²) in [4.78, 5) is 10.2. The highest BCUT2D eigenvalue weighted by Crippen LogP contribution is 2.10. The van der Waals surface area contributed by atoms with E-state index in [1.807, 2.05) is 0 Å². The van der Waals surface area contributed by atoms with Crippen LogP contribution < -0.4 is 45.0 Å². The van der Waals surface area contributed by atoms with E-state index in [9.17, 15) is 9.90 Å². The Morgan fingerprint density at radius 3 is 1.30 bits per heavy atom. The first-order valence-electron chi connectivity index (χ1n) is 5.70. The third-order valence-electron chi connectivity index (χ3n) is 1.12. The van der Waals surface area contributed by atoms with Gasteiger partial charge in [-0.2, -0.15) is 0 Å². The molecule has 0 spiro atoms. The van der Waals surface area contributed by atoms with Gasteiger partial charge in [0, 0.05) is 0 Å². The van der Waals surface area contributed by atoms with Crippen LogP contribution in [0, 0.1) is 0 Å². The minimum atomic E-state index is -1.18. The van der Waals surface area contributed by atoms with Crippen LogP contribution >= 0.6 is 0 Å². The average molecular weight is 344 g/mol. The van der Waals surface area contributed by atoms with Crippen LogP contribution in [0.3, 0.4) is 0 Å². The average Bonchev–Trinajstić information content (AvgIpc) is 2.32. The molecule has 0 aliphatic heterocycles. The third-order valence-corrected chi connectivity index (χ3v) is 1.12. The maximum Gasteiger partial charge on any atom is 0.335 e. The molecule has 0 bridgehead atoms. The van der Waals surface area contributed by atoms with E-state index in [-0.39, 0.29) is 50.0 Å². The van der Waals surface area contributed by atoms with Gasteiger partial charge in [-0.15, -0.1) is 19.8 Å². The Morgan fingerprint density at radius 1 is 0.870 bits per heavy atom. The molecule has 0 aliphatic rings. The highest BCUT2D eigenvalue weighted by atomic mass is 16.4. The fourth-order valence-corrected chi connectivity index (χ4v) is 0.643. The second kappa shape index (κ2) is 36.9. The van der Waals surface area contributed by atoms with Gasteiger partial charge in [-0.25, -0.2) is 4.79 Å². The highest BCUT2D eigenvalue weighted by molar-refractivity contribution is 5.90. The zero-order valence-electron chi connectivity index (χ0n) is 15.4. The molecule has 10 nitrogen and oxygen atoms in total. The van der Waals surface area contributed by atoms with Crippen molar-refractivity contribution in [3.8, 4) is 5.75 Å². The summed E-state index contributed by atoms with van der Waals surface area (Å²) in [5.41, 5.74) is -0.178. The summed E-state index contributed by atoms with van der Waals surface area (Å²) >= 11 is 0. The van der Waals surface area contributed by atoms with Gasteiger partial charge in [-0.05, 0) is 6.07 Å². The first kappa shape index (κ1) is 42.9. The second-order valence-electron chi connectivity index (χ2n) is 2.67. The van der Waals surface area contributed by atoms with Gasteiger partial charge >= 0.3 is 5.97 Å². The zero-order chi connectivity index (χ0) is 15.7. The lowest BCUT2D eigenvalue weighted by Crippen LogP contribution is -2.02. The summed E-state index contributed by atoms with van der Waals surface area (Å²) in [7, 11) is 0. The number of hydrogen-bond donors (Lipinski definition) is 5. The highest BCUT2D eigenvalue weighted by Gasteiger charge is 1.99. The Kier molecular flexibility index (Phi) is 68.9. The predicted molar refractivity (Wildman–Crippen MR) is 88.4 cm³/mol. The molecule has 0 heterocycles. The molecule has 0 atom stereocenters. The Morgan fingerprint density at radius 2 is 1.13 bits per heavy atom. The summed E-state index contributed by atoms with van der Waals surface area (Å²) < 4.78 is 0. The van der Waals surface area contributed by atoms with Crippen molar-refractivity contribution in [2.24, 2.45) is 0 Å². The van der Waals surface area contributed by atoms with E-state index in [0.29, 0.717) is 0 Å². The van der Waals surface area contributed by atoms with E-state index >= 15 is 0 Å². The van der Waals surface area contributed by atoms with Crippen LogP contribution in [0.1, 0.15) is 31.1 Å². The van der Waals surface area contributed by atoms with Crippen LogP contribution in [0.15, 0.2) is 24.3 Å². The number of quaternary nitrogens is 4. The minimum Gasteiger partial charge on any atom is -0.872 e. The first-order chi connectivity index (χ1) is 8.96. The SMILES string of the molecule is CC[O-].CC[O-].CC[O-].O=C(O)c1ccccc1[O-].[NH4+].[NH4+].[NH4+].[NH4+]. The molecule has 0 aliphatic carbocycles. The van der Waals surface area contributed by atoms with Crippen molar-refractivity contribution in [2.45, 2.75) is 20.8 Å². The molecule has 0 amide bonds. The number of carboxylic acids is 1. The standard InChI is InChI=1S/C7H6O3.3C2H5O.4H3N/c8-6-4-2-1-3-5(6)7(9)10;3*1-2-3;;;;/h1-4,8H,(H,9,10);3*2H2,1H3;4*1H3/q;3*-1;;;;/p+3. The molecule has 1 aromatic carbocycles. The van der Waals surface area contributed by atoms with Gasteiger partial charge in [0.15, 0.2) is 0 Å². The topological polar surface area (TPSA) is 276 Å². The number of rotatable bonds is 1. The number of carbonyl (C=O) groups is 1. The van der Waals surface area contributed by atoms with Crippen LogP contribution in [0.2, 0.25) is 0 Å². The molecular formula is C13H36N4O6. The lowest BCUT2D eigenvalue weighted by molar-refractivity contribution is -0.362. The monoisotopic (exact) mass is 344 g/mol. The van der Waals surface area contributed by atoms with Gasteiger partial charge in [-0.1, -0.05) is 44.7 Å². The van der Waals surface area contributed by atoms with Crippen molar-refractivity contribution in [3.05, 3.63) is 29.8 Å². The molecule has 1 rings (SSSR count). The molecule has 0 radical (unpaired) electrons. The van der Waals surface area contributed by atoms with Crippen LogP contribution in [-0.2, 0) is 0 Å². The Hall–Kier alpha value is -1.79. The van der Waals surface area contributed by atoms with E-state index in [2.05, 4.69) is 0 Å². The van der Waals surface area contributed by atoms with Crippen molar-refractivity contribution in [3.63, 3.8) is 0 Å². The van der Waals surface area contributed by atoms with Crippen molar-refractivity contribution < 1.29 is 30.3 Å². The van der Waals surface area contributed by atoms with E-state index in [0.717, 1.165) is 0 Å². The quantitative estimate of drug-likeness (QED) is 0.469. The molecule has 0 fully saturated rings. The van der Waals surface area contributed by atoms with Crippen molar-refractivity contribution in [2.75, 3.05) is 19.8 Å². The molecule has 17 N–H and O–H groups in total. The Bertz CT molecular complexity index is 312. The molecule has 144 valence electrons. The molecule has 0 saturated heterocycles. The Balaban J connectivity index is -0.0000000342. The van der Waals surface area contributed by atoms with Gasteiger partial charge in [0.2, 0.25) is 0 Å². The van der Waals surface area contributed by atoms with E-state index in [1.165, 1.54) is 24.3 Å². The lowest BCUT2D eigenvalue weighted by atomic mass is 10.2. The van der Waals surface area contributed by atoms with Crippen LogP contribution in [-0.4, -0.2) is 30.9 Å². The van der Waals surface area contributed by atoms with Crippen LogP contribution in [0.4, 0.5) is 0 Å². The van der Waals surface area contributed by atoms with Gasteiger partial charge in [0.25, 0.3) is 0 Å². The number of benzene rings is 1. The van der Waals surface area contributed by atoms with Crippen molar-refractivity contribution in [1.82, 2.24) is 24.6 Å². The predicted octanol–water partition coefficient (Wildman–Crippen LogP) is 0.0630. The smallest absolute Gasteiger partial charge is 0.335 e. The van der Waals surface area contributed by atoms with Gasteiger partial charge in [-0.3, -0.25) is 0 Å².